The quantitative estimate of drug-likeness (QED) is 0.257. The Kier molecular flexibility index (Phi) is 9.05. The maximum absolute atomic E-state index is 13.1. The smallest absolute Gasteiger partial charge is 0.316 e. The van der Waals surface area contributed by atoms with Gasteiger partial charge in [-0.1, -0.05) is 48.0 Å². The molecular formula is C27H26N2O4S. The molecule has 34 heavy (non-hydrogen) atoms. The fourth-order valence-electron chi connectivity index (χ4n) is 3.05. The highest BCUT2D eigenvalue weighted by molar-refractivity contribution is 8.00. The van der Waals surface area contributed by atoms with Crippen molar-refractivity contribution < 1.29 is 19.1 Å². The zero-order chi connectivity index (χ0) is 24.3. The van der Waals surface area contributed by atoms with Gasteiger partial charge in [-0.2, -0.15) is 0 Å². The molecule has 0 saturated heterocycles. The highest BCUT2D eigenvalue weighted by Crippen LogP contribution is 2.21. The number of hydrogen-bond acceptors (Lipinski definition) is 5. The molecule has 3 aromatic carbocycles. The van der Waals surface area contributed by atoms with E-state index in [1.165, 1.54) is 11.8 Å². The molecule has 0 aliphatic rings. The maximum Gasteiger partial charge on any atom is 0.316 e. The summed E-state index contributed by atoms with van der Waals surface area (Å²) in [6, 6.07) is 23.5. The Balaban J connectivity index is 1.74. The molecule has 0 bridgehead atoms. The van der Waals surface area contributed by atoms with Crippen LogP contribution in [0.2, 0.25) is 0 Å². The number of anilines is 1. The Morgan fingerprint density at radius 1 is 0.941 bits per heavy atom. The van der Waals surface area contributed by atoms with Gasteiger partial charge in [0.1, 0.15) is 5.70 Å². The van der Waals surface area contributed by atoms with Crippen molar-refractivity contribution in [1.82, 2.24) is 5.32 Å². The van der Waals surface area contributed by atoms with E-state index in [-0.39, 0.29) is 23.3 Å². The number of hydrogen-bond donors (Lipinski definition) is 2. The maximum atomic E-state index is 13.1. The van der Waals surface area contributed by atoms with Crippen LogP contribution in [-0.2, 0) is 14.3 Å². The molecule has 0 heterocycles. The van der Waals surface area contributed by atoms with Crippen molar-refractivity contribution >= 4 is 41.3 Å². The number of carbonyl (C=O) groups excluding carboxylic acids is 3. The van der Waals surface area contributed by atoms with E-state index < -0.39 is 5.91 Å². The summed E-state index contributed by atoms with van der Waals surface area (Å²) in [5, 5.41) is 5.56. The first-order chi connectivity index (χ1) is 16.4. The first-order valence-electron chi connectivity index (χ1n) is 10.8. The Morgan fingerprint density at radius 2 is 1.68 bits per heavy atom. The third kappa shape index (κ3) is 7.64. The van der Waals surface area contributed by atoms with Crippen LogP contribution in [0.3, 0.4) is 0 Å². The van der Waals surface area contributed by atoms with E-state index in [0.29, 0.717) is 17.9 Å². The van der Waals surface area contributed by atoms with Crippen LogP contribution in [0.1, 0.15) is 28.4 Å². The van der Waals surface area contributed by atoms with Gasteiger partial charge in [0.25, 0.3) is 11.8 Å². The van der Waals surface area contributed by atoms with Gasteiger partial charge in [0, 0.05) is 16.1 Å². The average Bonchev–Trinajstić information content (AvgIpc) is 2.84. The number of benzene rings is 3. The van der Waals surface area contributed by atoms with Crippen LogP contribution in [0.5, 0.6) is 0 Å². The number of thioether (sulfide) groups is 1. The monoisotopic (exact) mass is 474 g/mol. The lowest BCUT2D eigenvalue weighted by Crippen LogP contribution is -2.30. The fraction of sp³-hybridized carbons (Fsp3) is 0.148. The minimum absolute atomic E-state index is 0.125. The predicted molar refractivity (Wildman–Crippen MR) is 135 cm³/mol. The highest BCUT2D eigenvalue weighted by atomic mass is 32.2. The molecule has 0 radical (unpaired) electrons. The first kappa shape index (κ1) is 24.8. The molecule has 174 valence electrons. The van der Waals surface area contributed by atoms with Crippen molar-refractivity contribution in [1.29, 1.82) is 0 Å². The number of rotatable bonds is 9. The molecule has 0 aliphatic heterocycles. The Bertz CT molecular complexity index is 1170. The number of aryl methyl sites for hydroxylation is 1. The summed E-state index contributed by atoms with van der Waals surface area (Å²) in [4.78, 5) is 38.2. The van der Waals surface area contributed by atoms with Crippen LogP contribution in [0.15, 0.2) is 89.5 Å². The molecule has 0 fully saturated rings. The van der Waals surface area contributed by atoms with Gasteiger partial charge in [0.15, 0.2) is 0 Å². The molecule has 7 heteroatoms. The standard InChI is InChI=1S/C27H26N2O4S/c1-3-33-25(30)18-34-23-14-12-22(13-15-23)28-27(32)24(17-20-9-7-8-19(2)16-20)29-26(31)21-10-5-4-6-11-21/h4-17H,3,18H2,1-2H3,(H,28,32)(H,29,31)/b24-17-. The molecule has 0 atom stereocenters. The molecule has 0 spiro atoms. The van der Waals surface area contributed by atoms with Gasteiger partial charge >= 0.3 is 5.97 Å². The second-order valence-corrected chi connectivity index (χ2v) is 8.41. The summed E-state index contributed by atoms with van der Waals surface area (Å²) in [6.45, 7) is 4.08. The van der Waals surface area contributed by atoms with Crippen LogP contribution >= 0.6 is 11.8 Å². The van der Waals surface area contributed by atoms with Gasteiger partial charge < -0.3 is 15.4 Å². The zero-order valence-corrected chi connectivity index (χ0v) is 19.9. The molecule has 0 unspecified atom stereocenters. The van der Waals surface area contributed by atoms with E-state index in [1.807, 2.05) is 49.4 Å². The lowest BCUT2D eigenvalue weighted by molar-refractivity contribution is -0.139. The van der Waals surface area contributed by atoms with Crippen molar-refractivity contribution in [2.45, 2.75) is 18.7 Å². The lowest BCUT2D eigenvalue weighted by Gasteiger charge is -2.12. The molecule has 6 nitrogen and oxygen atoms in total. The van der Waals surface area contributed by atoms with Gasteiger partial charge in [-0.3, -0.25) is 14.4 Å². The SMILES string of the molecule is CCOC(=O)CSc1ccc(NC(=O)/C(=C/c2cccc(C)c2)NC(=O)c2ccccc2)cc1. The van der Waals surface area contributed by atoms with E-state index in [4.69, 9.17) is 4.74 Å². The summed E-state index contributed by atoms with van der Waals surface area (Å²) < 4.78 is 4.93. The number of nitrogens with one attached hydrogen (secondary N) is 2. The second kappa shape index (κ2) is 12.4. The van der Waals surface area contributed by atoms with Gasteiger partial charge in [0.05, 0.1) is 12.4 Å². The van der Waals surface area contributed by atoms with Crippen molar-refractivity contribution in [2.75, 3.05) is 17.7 Å². The summed E-state index contributed by atoms with van der Waals surface area (Å²) in [5.41, 5.74) is 2.98. The Morgan fingerprint density at radius 3 is 2.35 bits per heavy atom. The van der Waals surface area contributed by atoms with Gasteiger partial charge in [-0.05, 0) is 61.9 Å². The minimum Gasteiger partial charge on any atom is -0.465 e. The summed E-state index contributed by atoms with van der Waals surface area (Å²) in [6.07, 6.45) is 1.65. The largest absolute Gasteiger partial charge is 0.465 e. The summed E-state index contributed by atoms with van der Waals surface area (Å²) >= 11 is 1.36. The van der Waals surface area contributed by atoms with E-state index in [2.05, 4.69) is 10.6 Å². The molecule has 0 aliphatic carbocycles. The number of carbonyl (C=O) groups is 3. The Labute approximate surface area is 203 Å². The van der Waals surface area contributed by atoms with Gasteiger partial charge in [0.2, 0.25) is 0 Å². The number of ether oxygens (including phenoxy) is 1. The van der Waals surface area contributed by atoms with Crippen LogP contribution < -0.4 is 10.6 Å². The predicted octanol–water partition coefficient (Wildman–Crippen LogP) is 5.06. The zero-order valence-electron chi connectivity index (χ0n) is 19.0. The van der Waals surface area contributed by atoms with Crippen molar-refractivity contribution in [3.05, 3.63) is 101 Å². The van der Waals surface area contributed by atoms with Crippen LogP contribution in [-0.4, -0.2) is 30.1 Å². The number of esters is 1. The molecule has 2 N–H and O–H groups in total. The van der Waals surface area contributed by atoms with E-state index in [0.717, 1.165) is 16.0 Å². The van der Waals surface area contributed by atoms with E-state index in [9.17, 15) is 14.4 Å². The van der Waals surface area contributed by atoms with Crippen LogP contribution in [0.25, 0.3) is 6.08 Å². The van der Waals surface area contributed by atoms with Crippen molar-refractivity contribution in [3.63, 3.8) is 0 Å². The average molecular weight is 475 g/mol. The molecule has 0 aromatic heterocycles. The topological polar surface area (TPSA) is 84.5 Å². The van der Waals surface area contributed by atoms with Crippen molar-refractivity contribution in [3.8, 4) is 0 Å². The van der Waals surface area contributed by atoms with Crippen molar-refractivity contribution in [2.24, 2.45) is 0 Å². The first-order valence-corrected chi connectivity index (χ1v) is 11.8. The molecular weight excluding hydrogens is 448 g/mol. The summed E-state index contributed by atoms with van der Waals surface area (Å²) in [5.74, 6) is -0.878. The van der Waals surface area contributed by atoms with Crippen LogP contribution in [0, 0.1) is 6.92 Å². The molecule has 2 amide bonds. The van der Waals surface area contributed by atoms with Crippen LogP contribution in [0.4, 0.5) is 5.69 Å². The summed E-state index contributed by atoms with van der Waals surface area (Å²) in [7, 11) is 0. The minimum atomic E-state index is -0.447. The van der Waals surface area contributed by atoms with Gasteiger partial charge in [-0.15, -0.1) is 11.8 Å². The third-order valence-corrected chi connectivity index (χ3v) is 5.64. The molecule has 3 aromatic rings. The molecule has 0 saturated carbocycles. The van der Waals surface area contributed by atoms with E-state index >= 15 is 0 Å². The third-order valence-electron chi connectivity index (χ3n) is 4.66. The molecule has 3 rings (SSSR count). The fourth-order valence-corrected chi connectivity index (χ4v) is 3.74. The number of amides is 2. The lowest BCUT2D eigenvalue weighted by atomic mass is 10.1. The Hall–Kier alpha value is -3.84. The second-order valence-electron chi connectivity index (χ2n) is 7.36. The van der Waals surface area contributed by atoms with E-state index in [1.54, 1.807) is 49.4 Å². The normalized spacial score (nSPS) is 10.9. The van der Waals surface area contributed by atoms with Gasteiger partial charge in [-0.25, -0.2) is 0 Å². The highest BCUT2D eigenvalue weighted by Gasteiger charge is 2.15.